The number of rotatable bonds is 2. The number of carbonyl (C=O) groups is 1. The van der Waals surface area contributed by atoms with Gasteiger partial charge >= 0.3 is 5.43 Å². The molecule has 0 fully saturated rings. The van der Waals surface area contributed by atoms with Crippen molar-refractivity contribution in [1.29, 1.82) is 0 Å². The molecule has 0 unspecified atom stereocenters. The quantitative estimate of drug-likeness (QED) is 0.618. The van der Waals surface area contributed by atoms with Crippen LogP contribution >= 0.6 is 11.6 Å². The Morgan fingerprint density at radius 3 is 3.20 bits per heavy atom. The van der Waals surface area contributed by atoms with Gasteiger partial charge in [-0.2, -0.15) is 0 Å². The normalized spacial score (nSPS) is 9.30. The van der Waals surface area contributed by atoms with Gasteiger partial charge < -0.3 is 9.26 Å². The van der Waals surface area contributed by atoms with Crippen molar-refractivity contribution in [2.75, 3.05) is 0 Å². The first-order valence-corrected chi connectivity index (χ1v) is 2.88. The summed E-state index contributed by atoms with van der Waals surface area (Å²) in [5.41, 5.74) is -0.308. The van der Waals surface area contributed by atoms with E-state index in [-0.39, 0.29) is 6.61 Å². The third kappa shape index (κ3) is 2.06. The molecule has 0 spiro atoms. The summed E-state index contributed by atoms with van der Waals surface area (Å²) >= 11 is 4.88. The Bertz CT molecular complexity index is 209. The predicted octanol–water partition coefficient (Wildman–Crippen LogP) is 1.55. The number of aromatic nitrogens is 1. The molecule has 0 saturated carbocycles. The number of halogens is 1. The Balaban J connectivity index is 2.35. The zero-order valence-corrected chi connectivity index (χ0v) is 5.67. The number of nitrogens with zero attached hydrogens (tertiary/aromatic N) is 1. The third-order valence-electron chi connectivity index (χ3n) is 0.825. The maximum atomic E-state index is 10.0. The van der Waals surface area contributed by atoms with Gasteiger partial charge in [0.2, 0.25) is 0 Å². The van der Waals surface area contributed by atoms with Crippen LogP contribution in [0.25, 0.3) is 0 Å². The largest absolute Gasteiger partial charge is 0.447 e. The van der Waals surface area contributed by atoms with Crippen molar-refractivity contribution in [2.24, 2.45) is 0 Å². The molecule has 0 amide bonds. The zero-order chi connectivity index (χ0) is 7.40. The maximum absolute atomic E-state index is 10.0. The van der Waals surface area contributed by atoms with Crippen molar-refractivity contribution >= 4 is 17.0 Å². The molecule has 0 radical (unpaired) electrons. The highest BCUT2D eigenvalue weighted by Gasteiger charge is 1.99. The summed E-state index contributed by atoms with van der Waals surface area (Å²) in [5.74, 6) is 0. The molecule has 0 atom stereocenters. The van der Waals surface area contributed by atoms with E-state index in [0.717, 1.165) is 0 Å². The van der Waals surface area contributed by atoms with E-state index >= 15 is 0 Å². The highest BCUT2D eigenvalue weighted by atomic mass is 35.5. The summed E-state index contributed by atoms with van der Waals surface area (Å²) in [6.45, 7) is 0.0544. The number of hydrogen-bond donors (Lipinski definition) is 0. The van der Waals surface area contributed by atoms with Gasteiger partial charge in [0.15, 0.2) is 0 Å². The molecule has 1 rings (SSSR count). The highest BCUT2D eigenvalue weighted by Crippen LogP contribution is 1.98. The van der Waals surface area contributed by atoms with Crippen LogP contribution in [0.5, 0.6) is 0 Å². The fourth-order valence-corrected chi connectivity index (χ4v) is 0.497. The van der Waals surface area contributed by atoms with Crippen LogP contribution in [0, 0.1) is 0 Å². The second kappa shape index (κ2) is 3.22. The Morgan fingerprint density at radius 1 is 1.90 bits per heavy atom. The lowest BCUT2D eigenvalue weighted by atomic mass is 10.5. The molecule has 54 valence electrons. The summed E-state index contributed by atoms with van der Waals surface area (Å²) < 4.78 is 8.85. The van der Waals surface area contributed by atoms with Gasteiger partial charge in [-0.05, 0) is 0 Å². The maximum Gasteiger partial charge on any atom is 0.404 e. The monoisotopic (exact) mass is 161 g/mol. The fraction of sp³-hybridized carbons (Fsp3) is 0.200. The summed E-state index contributed by atoms with van der Waals surface area (Å²) in [7, 11) is 0. The van der Waals surface area contributed by atoms with Crippen LogP contribution in [0.3, 0.4) is 0 Å². The molecule has 0 bridgehead atoms. The van der Waals surface area contributed by atoms with Crippen molar-refractivity contribution < 1.29 is 14.1 Å². The van der Waals surface area contributed by atoms with Crippen LogP contribution in [0.4, 0.5) is 4.79 Å². The number of carbonyl (C=O) groups excluding carboxylic acids is 1. The van der Waals surface area contributed by atoms with Crippen LogP contribution in [-0.4, -0.2) is 10.6 Å². The lowest BCUT2D eigenvalue weighted by molar-refractivity contribution is 0.164. The van der Waals surface area contributed by atoms with Gasteiger partial charge in [-0.25, -0.2) is 4.79 Å². The van der Waals surface area contributed by atoms with Crippen LogP contribution in [0.15, 0.2) is 16.9 Å². The van der Waals surface area contributed by atoms with Crippen LogP contribution in [-0.2, 0) is 11.3 Å². The van der Waals surface area contributed by atoms with Crippen molar-refractivity contribution in [2.45, 2.75) is 6.61 Å². The topological polar surface area (TPSA) is 52.3 Å². The van der Waals surface area contributed by atoms with Gasteiger partial charge in [-0.15, -0.1) is 0 Å². The molecule has 0 aliphatic heterocycles. The smallest absolute Gasteiger partial charge is 0.404 e. The molecule has 0 N–H and O–H groups in total. The molecule has 1 aromatic rings. The zero-order valence-electron chi connectivity index (χ0n) is 4.91. The predicted molar refractivity (Wildman–Crippen MR) is 32.5 cm³/mol. The van der Waals surface area contributed by atoms with Crippen LogP contribution in [0.2, 0.25) is 0 Å². The van der Waals surface area contributed by atoms with E-state index in [9.17, 15) is 4.79 Å². The molecule has 4 nitrogen and oxygen atoms in total. The van der Waals surface area contributed by atoms with E-state index in [4.69, 9.17) is 11.6 Å². The van der Waals surface area contributed by atoms with E-state index in [0.29, 0.717) is 5.69 Å². The third-order valence-corrected chi connectivity index (χ3v) is 0.934. The van der Waals surface area contributed by atoms with Crippen molar-refractivity contribution in [3.05, 3.63) is 18.0 Å². The van der Waals surface area contributed by atoms with Gasteiger partial charge in [-0.3, -0.25) is 0 Å². The summed E-state index contributed by atoms with van der Waals surface area (Å²) in [5, 5.41) is 3.48. The Morgan fingerprint density at radius 2 is 2.70 bits per heavy atom. The van der Waals surface area contributed by atoms with Gasteiger partial charge in [-0.1, -0.05) is 5.16 Å². The number of hydrogen-bond acceptors (Lipinski definition) is 4. The molecule has 1 aromatic heterocycles. The highest BCUT2D eigenvalue weighted by molar-refractivity contribution is 6.61. The first-order chi connectivity index (χ1) is 4.79. The first-order valence-electron chi connectivity index (χ1n) is 2.50. The van der Waals surface area contributed by atoms with Crippen LogP contribution in [0.1, 0.15) is 5.69 Å². The minimum absolute atomic E-state index is 0.0544. The Labute approximate surface area is 61.7 Å². The summed E-state index contributed by atoms with van der Waals surface area (Å²) in [4.78, 5) is 10.0. The second-order valence-electron chi connectivity index (χ2n) is 1.52. The lowest BCUT2D eigenvalue weighted by Gasteiger charge is -1.92. The lowest BCUT2D eigenvalue weighted by Crippen LogP contribution is -1.94. The van der Waals surface area contributed by atoms with Gasteiger partial charge in [0, 0.05) is 17.7 Å². The van der Waals surface area contributed by atoms with Gasteiger partial charge in [0.25, 0.3) is 0 Å². The minimum atomic E-state index is -0.844. The van der Waals surface area contributed by atoms with Gasteiger partial charge in [0.1, 0.15) is 18.6 Å². The van der Waals surface area contributed by atoms with E-state index < -0.39 is 5.43 Å². The molecule has 5 heteroatoms. The molecule has 0 aliphatic rings. The van der Waals surface area contributed by atoms with Gasteiger partial charge in [0.05, 0.1) is 0 Å². The Hall–Kier alpha value is -1.03. The van der Waals surface area contributed by atoms with E-state index in [2.05, 4.69) is 14.4 Å². The second-order valence-corrected chi connectivity index (χ2v) is 1.83. The standard InChI is InChI=1S/C5H4ClNO3/c6-5(8)9-3-4-1-2-10-7-4/h1-2H,3H2. The summed E-state index contributed by atoms with van der Waals surface area (Å²) in [6, 6.07) is 1.58. The molecule has 0 aliphatic carbocycles. The SMILES string of the molecule is O=C(Cl)OCc1ccon1. The fourth-order valence-electron chi connectivity index (χ4n) is 0.443. The van der Waals surface area contributed by atoms with E-state index in [1.165, 1.54) is 6.26 Å². The molecule has 1 heterocycles. The summed E-state index contributed by atoms with van der Waals surface area (Å²) in [6.07, 6.45) is 1.39. The molecular weight excluding hydrogens is 158 g/mol. The molecule has 10 heavy (non-hydrogen) atoms. The molecule has 0 aromatic carbocycles. The molecule has 0 saturated heterocycles. The van der Waals surface area contributed by atoms with Crippen LogP contribution < -0.4 is 0 Å². The van der Waals surface area contributed by atoms with Crippen molar-refractivity contribution in [3.8, 4) is 0 Å². The average molecular weight is 162 g/mol. The van der Waals surface area contributed by atoms with Crippen molar-refractivity contribution in [3.63, 3.8) is 0 Å². The average Bonchev–Trinajstić information content (AvgIpc) is 2.34. The van der Waals surface area contributed by atoms with E-state index in [1.807, 2.05) is 0 Å². The number of ether oxygens (including phenoxy) is 1. The first kappa shape index (κ1) is 7.08. The minimum Gasteiger partial charge on any atom is -0.447 e. The van der Waals surface area contributed by atoms with Crippen molar-refractivity contribution in [1.82, 2.24) is 5.16 Å². The molecular formula is C5H4ClNO3. The Kier molecular flexibility index (Phi) is 2.28. The van der Waals surface area contributed by atoms with E-state index in [1.54, 1.807) is 6.07 Å².